The van der Waals surface area contributed by atoms with Crippen molar-refractivity contribution in [1.82, 2.24) is 5.32 Å². The van der Waals surface area contributed by atoms with Gasteiger partial charge in [0.15, 0.2) is 5.76 Å². The van der Waals surface area contributed by atoms with Crippen LogP contribution in [0.5, 0.6) is 5.75 Å². The summed E-state index contributed by atoms with van der Waals surface area (Å²) in [6.07, 6.45) is 2.60. The van der Waals surface area contributed by atoms with Gasteiger partial charge in [-0.3, -0.25) is 4.79 Å². The van der Waals surface area contributed by atoms with Gasteiger partial charge in [-0.25, -0.2) is 4.79 Å². The van der Waals surface area contributed by atoms with Gasteiger partial charge in [0.25, 0.3) is 5.91 Å². The molecule has 0 aliphatic rings. The lowest BCUT2D eigenvalue weighted by atomic mass is 10.2. The van der Waals surface area contributed by atoms with Crippen molar-refractivity contribution in [2.75, 3.05) is 13.2 Å². The van der Waals surface area contributed by atoms with Gasteiger partial charge in [0.1, 0.15) is 12.0 Å². The number of hydrogen-bond acceptors (Lipinski definition) is 4. The average molecular weight is 317 g/mol. The first-order valence-electron chi connectivity index (χ1n) is 7.36. The van der Waals surface area contributed by atoms with Crippen molar-refractivity contribution < 1.29 is 23.8 Å². The van der Waals surface area contributed by atoms with Crippen LogP contribution in [0.2, 0.25) is 0 Å². The van der Waals surface area contributed by atoms with Gasteiger partial charge in [-0.1, -0.05) is 17.7 Å². The van der Waals surface area contributed by atoms with Crippen molar-refractivity contribution in [2.45, 2.75) is 19.8 Å². The Morgan fingerprint density at radius 1 is 1.22 bits per heavy atom. The summed E-state index contributed by atoms with van der Waals surface area (Å²) in [4.78, 5) is 22.4. The molecule has 0 unspecified atom stereocenters. The van der Waals surface area contributed by atoms with E-state index in [0.717, 1.165) is 24.9 Å². The third kappa shape index (κ3) is 5.18. The van der Waals surface area contributed by atoms with Crippen molar-refractivity contribution in [3.63, 3.8) is 0 Å². The lowest BCUT2D eigenvalue weighted by Crippen LogP contribution is -2.24. The molecule has 0 saturated heterocycles. The molecule has 1 aromatic heterocycles. The number of rotatable bonds is 8. The summed E-state index contributed by atoms with van der Waals surface area (Å²) in [5.74, 6) is -0.715. The van der Waals surface area contributed by atoms with Crippen LogP contribution < -0.4 is 10.1 Å². The van der Waals surface area contributed by atoms with E-state index in [2.05, 4.69) is 5.32 Å². The molecule has 23 heavy (non-hydrogen) atoms. The number of ether oxygens (including phenoxy) is 1. The Morgan fingerprint density at radius 3 is 2.61 bits per heavy atom. The molecule has 2 N–H and O–H groups in total. The van der Waals surface area contributed by atoms with Crippen LogP contribution in [0.4, 0.5) is 0 Å². The highest BCUT2D eigenvalue weighted by Gasteiger charge is 2.13. The second-order valence-corrected chi connectivity index (χ2v) is 5.13. The third-order valence-electron chi connectivity index (χ3n) is 3.22. The number of carbonyl (C=O) groups is 2. The van der Waals surface area contributed by atoms with Crippen LogP contribution in [0, 0.1) is 6.92 Å². The van der Waals surface area contributed by atoms with Gasteiger partial charge in [0.05, 0.1) is 12.2 Å². The van der Waals surface area contributed by atoms with E-state index in [9.17, 15) is 9.59 Å². The van der Waals surface area contributed by atoms with E-state index < -0.39 is 11.9 Å². The Labute approximate surface area is 134 Å². The molecule has 1 heterocycles. The number of unbranched alkanes of at least 4 members (excludes halogenated alkanes) is 1. The highest BCUT2D eigenvalue weighted by atomic mass is 16.5. The number of amides is 1. The summed E-state index contributed by atoms with van der Waals surface area (Å²) in [5, 5.41) is 11.4. The molecular formula is C17H19NO5. The summed E-state index contributed by atoms with van der Waals surface area (Å²) >= 11 is 0. The first-order chi connectivity index (χ1) is 11.1. The van der Waals surface area contributed by atoms with Gasteiger partial charge < -0.3 is 19.6 Å². The summed E-state index contributed by atoms with van der Waals surface area (Å²) < 4.78 is 10.5. The van der Waals surface area contributed by atoms with E-state index in [1.807, 2.05) is 31.2 Å². The van der Waals surface area contributed by atoms with Gasteiger partial charge in [0, 0.05) is 12.6 Å². The van der Waals surface area contributed by atoms with Crippen molar-refractivity contribution in [3.8, 4) is 5.75 Å². The van der Waals surface area contributed by atoms with E-state index >= 15 is 0 Å². The number of carboxylic acid groups (broad SMARTS) is 1. The topological polar surface area (TPSA) is 88.8 Å². The highest BCUT2D eigenvalue weighted by molar-refractivity contribution is 5.95. The third-order valence-corrected chi connectivity index (χ3v) is 3.22. The Kier molecular flexibility index (Phi) is 5.80. The van der Waals surface area contributed by atoms with E-state index in [1.165, 1.54) is 11.6 Å². The predicted octanol–water partition coefficient (Wildman–Crippen LogP) is 2.88. The summed E-state index contributed by atoms with van der Waals surface area (Å²) in [6, 6.07) is 9.04. The van der Waals surface area contributed by atoms with Gasteiger partial charge >= 0.3 is 5.97 Å². The van der Waals surface area contributed by atoms with Crippen LogP contribution in [-0.2, 0) is 0 Å². The molecule has 1 aromatic carbocycles. The van der Waals surface area contributed by atoms with Crippen LogP contribution in [-0.4, -0.2) is 30.1 Å². The maximum atomic E-state index is 11.7. The zero-order valence-electron chi connectivity index (χ0n) is 12.9. The molecule has 0 radical (unpaired) electrons. The molecule has 6 heteroatoms. The largest absolute Gasteiger partial charge is 0.494 e. The second-order valence-electron chi connectivity index (χ2n) is 5.13. The van der Waals surface area contributed by atoms with Crippen molar-refractivity contribution in [3.05, 3.63) is 53.5 Å². The lowest BCUT2D eigenvalue weighted by molar-refractivity contribution is 0.0696. The molecule has 0 spiro atoms. The number of nitrogens with one attached hydrogen (secondary N) is 1. The molecule has 2 rings (SSSR count). The van der Waals surface area contributed by atoms with Crippen molar-refractivity contribution in [2.24, 2.45) is 0 Å². The molecule has 0 aliphatic heterocycles. The fraction of sp³-hybridized carbons (Fsp3) is 0.294. The number of carbonyl (C=O) groups excluding carboxylic acids is 1. The highest BCUT2D eigenvalue weighted by Crippen LogP contribution is 2.12. The first-order valence-corrected chi connectivity index (χ1v) is 7.36. The van der Waals surface area contributed by atoms with Crippen LogP contribution in [0.1, 0.15) is 39.3 Å². The smallest absolute Gasteiger partial charge is 0.338 e. The quantitative estimate of drug-likeness (QED) is 0.731. The van der Waals surface area contributed by atoms with Crippen molar-refractivity contribution >= 4 is 11.9 Å². The molecule has 0 fully saturated rings. The van der Waals surface area contributed by atoms with Crippen LogP contribution in [0.15, 0.2) is 41.0 Å². The molecule has 0 aliphatic carbocycles. The molecule has 6 nitrogen and oxygen atoms in total. The minimum absolute atomic E-state index is 0.00157. The van der Waals surface area contributed by atoms with E-state index in [1.54, 1.807) is 0 Å². The van der Waals surface area contributed by atoms with Gasteiger partial charge in [-0.2, -0.15) is 0 Å². The minimum atomic E-state index is -1.12. The fourth-order valence-electron chi connectivity index (χ4n) is 1.91. The Morgan fingerprint density at radius 2 is 1.96 bits per heavy atom. The number of aromatic carboxylic acids is 1. The van der Waals surface area contributed by atoms with E-state index in [0.29, 0.717) is 13.2 Å². The van der Waals surface area contributed by atoms with E-state index in [-0.39, 0.29) is 11.3 Å². The maximum absolute atomic E-state index is 11.7. The number of carboxylic acids is 1. The number of furan rings is 1. The minimum Gasteiger partial charge on any atom is -0.494 e. The van der Waals surface area contributed by atoms with E-state index in [4.69, 9.17) is 14.3 Å². The SMILES string of the molecule is Cc1ccc(OCCCCNC(=O)c2cc(C(=O)O)co2)cc1. The first kappa shape index (κ1) is 16.6. The molecular weight excluding hydrogens is 298 g/mol. The maximum Gasteiger partial charge on any atom is 0.338 e. The van der Waals surface area contributed by atoms with Crippen LogP contribution in [0.25, 0.3) is 0 Å². The molecule has 2 aromatic rings. The van der Waals surface area contributed by atoms with Crippen LogP contribution >= 0.6 is 0 Å². The number of aryl methyl sites for hydroxylation is 1. The summed E-state index contributed by atoms with van der Waals surface area (Å²) in [7, 11) is 0. The monoisotopic (exact) mass is 317 g/mol. The van der Waals surface area contributed by atoms with Crippen LogP contribution in [0.3, 0.4) is 0 Å². The van der Waals surface area contributed by atoms with Gasteiger partial charge in [0.2, 0.25) is 0 Å². The Hall–Kier alpha value is -2.76. The average Bonchev–Trinajstić information content (AvgIpc) is 3.02. The molecule has 0 atom stereocenters. The van der Waals surface area contributed by atoms with Gasteiger partial charge in [-0.05, 0) is 31.9 Å². The summed E-state index contributed by atoms with van der Waals surface area (Å²) in [5.41, 5.74) is 1.14. The summed E-state index contributed by atoms with van der Waals surface area (Å²) in [6.45, 7) is 3.06. The van der Waals surface area contributed by atoms with Crippen molar-refractivity contribution in [1.29, 1.82) is 0 Å². The zero-order valence-corrected chi connectivity index (χ0v) is 12.9. The second kappa shape index (κ2) is 8.03. The van der Waals surface area contributed by atoms with Gasteiger partial charge in [-0.15, -0.1) is 0 Å². The molecule has 122 valence electrons. The predicted molar refractivity (Wildman–Crippen MR) is 83.9 cm³/mol. The normalized spacial score (nSPS) is 10.3. The fourth-order valence-corrected chi connectivity index (χ4v) is 1.91. The molecule has 0 saturated carbocycles. The zero-order chi connectivity index (χ0) is 16.7. The molecule has 0 bridgehead atoms. The lowest BCUT2D eigenvalue weighted by Gasteiger charge is -2.06. The standard InChI is InChI=1S/C17H19NO5/c1-12-4-6-14(7-5-12)22-9-3-2-8-18-16(19)15-10-13(11-23-15)17(20)21/h4-7,10-11H,2-3,8-9H2,1H3,(H,18,19)(H,20,21). The number of hydrogen-bond donors (Lipinski definition) is 2. The Bertz CT molecular complexity index is 660. The molecule has 1 amide bonds. The Balaban J connectivity index is 1.62. The number of benzene rings is 1.